The van der Waals surface area contributed by atoms with Crippen molar-refractivity contribution >= 4 is 0 Å². The zero-order chi connectivity index (χ0) is 6.69. The van der Waals surface area contributed by atoms with Gasteiger partial charge in [-0.15, -0.1) is 0 Å². The highest BCUT2D eigenvalue weighted by Crippen LogP contribution is 2.41. The van der Waals surface area contributed by atoms with Gasteiger partial charge in [0.05, 0.1) is 6.07 Å². The molecule has 0 aromatic rings. The van der Waals surface area contributed by atoms with E-state index in [4.69, 9.17) is 5.26 Å². The Bertz CT molecular complexity index is 123. The highest BCUT2D eigenvalue weighted by atomic mass is 14.4. The maximum atomic E-state index is 8.43. The molecule has 0 saturated heterocycles. The summed E-state index contributed by atoms with van der Waals surface area (Å²) in [6.45, 7) is 2.20. The summed E-state index contributed by atoms with van der Waals surface area (Å²) in [5.74, 6) is 1.20. The van der Waals surface area contributed by atoms with Gasteiger partial charge >= 0.3 is 0 Å². The molecule has 1 rings (SSSR count). The molecule has 1 aliphatic rings. The van der Waals surface area contributed by atoms with Crippen LogP contribution in [0.25, 0.3) is 0 Å². The lowest BCUT2D eigenvalue weighted by atomic mass is 10.2. The van der Waals surface area contributed by atoms with Crippen LogP contribution in [0.4, 0.5) is 0 Å². The van der Waals surface area contributed by atoms with Crippen LogP contribution in [-0.4, -0.2) is 0 Å². The van der Waals surface area contributed by atoms with Crippen LogP contribution in [0.1, 0.15) is 32.6 Å². The van der Waals surface area contributed by atoms with E-state index in [9.17, 15) is 0 Å². The fraction of sp³-hybridized carbons (Fsp3) is 0.875. The average molecular weight is 123 g/mol. The number of hydrogen-bond donors (Lipinski definition) is 0. The summed E-state index contributed by atoms with van der Waals surface area (Å²) in [5, 5.41) is 8.43. The van der Waals surface area contributed by atoms with E-state index in [0.29, 0.717) is 5.92 Å². The first-order valence-electron chi connectivity index (χ1n) is 3.78. The standard InChI is InChI=1S/C8H13N/c1-2-3-4-7-5-8(7)6-9/h7-8H,2-5H2,1H3/t7-,8+/m0/s1. The van der Waals surface area contributed by atoms with Gasteiger partial charge in [0.15, 0.2) is 0 Å². The van der Waals surface area contributed by atoms with E-state index in [1.807, 2.05) is 0 Å². The van der Waals surface area contributed by atoms with Gasteiger partial charge in [0.25, 0.3) is 0 Å². The van der Waals surface area contributed by atoms with Crippen LogP contribution in [0.5, 0.6) is 0 Å². The third kappa shape index (κ3) is 1.71. The zero-order valence-corrected chi connectivity index (χ0v) is 5.93. The SMILES string of the molecule is CCCC[C@H]1C[C@@H]1C#N. The molecule has 1 nitrogen and oxygen atoms in total. The summed E-state index contributed by atoms with van der Waals surface area (Å²) >= 11 is 0. The molecular formula is C8H13N. The van der Waals surface area contributed by atoms with E-state index in [1.165, 1.54) is 25.7 Å². The van der Waals surface area contributed by atoms with Crippen molar-refractivity contribution in [3.63, 3.8) is 0 Å². The predicted molar refractivity (Wildman–Crippen MR) is 36.7 cm³/mol. The number of unbranched alkanes of at least 4 members (excludes halogenated alkanes) is 1. The van der Waals surface area contributed by atoms with Gasteiger partial charge < -0.3 is 0 Å². The molecule has 0 heterocycles. The highest BCUT2D eigenvalue weighted by molar-refractivity contribution is 5.00. The summed E-state index contributed by atoms with van der Waals surface area (Å²) in [4.78, 5) is 0. The number of hydrogen-bond acceptors (Lipinski definition) is 1. The minimum Gasteiger partial charge on any atom is -0.198 e. The number of nitrogens with zero attached hydrogens (tertiary/aromatic N) is 1. The van der Waals surface area contributed by atoms with Gasteiger partial charge in [0.2, 0.25) is 0 Å². The molecule has 0 N–H and O–H groups in total. The molecule has 2 atom stereocenters. The Hall–Kier alpha value is -0.510. The van der Waals surface area contributed by atoms with Crippen molar-refractivity contribution in [1.29, 1.82) is 5.26 Å². The fourth-order valence-electron chi connectivity index (χ4n) is 1.19. The average Bonchev–Trinajstić information content (AvgIpc) is 2.62. The molecule has 0 aromatic carbocycles. The lowest BCUT2D eigenvalue weighted by molar-refractivity contribution is 0.636. The van der Waals surface area contributed by atoms with Crippen LogP contribution in [0, 0.1) is 23.2 Å². The van der Waals surface area contributed by atoms with Crippen molar-refractivity contribution in [1.82, 2.24) is 0 Å². The Morgan fingerprint density at radius 3 is 2.89 bits per heavy atom. The summed E-state index contributed by atoms with van der Waals surface area (Å²) in [7, 11) is 0. The Labute approximate surface area is 56.7 Å². The summed E-state index contributed by atoms with van der Waals surface area (Å²) in [6.07, 6.45) is 5.04. The Balaban J connectivity index is 2.00. The van der Waals surface area contributed by atoms with Crippen molar-refractivity contribution in [2.45, 2.75) is 32.6 Å². The second-order valence-electron chi connectivity index (χ2n) is 2.87. The minimum atomic E-state index is 0.427. The third-order valence-electron chi connectivity index (χ3n) is 2.02. The topological polar surface area (TPSA) is 23.8 Å². The second-order valence-corrected chi connectivity index (χ2v) is 2.87. The Morgan fingerprint density at radius 2 is 2.44 bits per heavy atom. The quantitative estimate of drug-likeness (QED) is 0.565. The highest BCUT2D eigenvalue weighted by Gasteiger charge is 2.35. The van der Waals surface area contributed by atoms with Crippen LogP contribution in [-0.2, 0) is 0 Å². The van der Waals surface area contributed by atoms with E-state index in [2.05, 4.69) is 13.0 Å². The van der Waals surface area contributed by atoms with Gasteiger partial charge in [0.1, 0.15) is 0 Å². The number of rotatable bonds is 3. The van der Waals surface area contributed by atoms with Gasteiger partial charge in [-0.05, 0) is 18.8 Å². The van der Waals surface area contributed by atoms with Crippen LogP contribution < -0.4 is 0 Å². The molecule has 0 bridgehead atoms. The Morgan fingerprint density at radius 1 is 1.67 bits per heavy atom. The van der Waals surface area contributed by atoms with Crippen LogP contribution in [0.3, 0.4) is 0 Å². The van der Waals surface area contributed by atoms with Crippen LogP contribution in [0.15, 0.2) is 0 Å². The smallest absolute Gasteiger partial charge is 0.0658 e. The van der Waals surface area contributed by atoms with Gasteiger partial charge in [0, 0.05) is 5.92 Å². The maximum Gasteiger partial charge on any atom is 0.0658 e. The molecule has 9 heavy (non-hydrogen) atoms. The molecule has 50 valence electrons. The van der Waals surface area contributed by atoms with Crippen molar-refractivity contribution in [2.75, 3.05) is 0 Å². The van der Waals surface area contributed by atoms with Gasteiger partial charge in [-0.3, -0.25) is 0 Å². The second kappa shape index (κ2) is 2.87. The van der Waals surface area contributed by atoms with Crippen LogP contribution in [0.2, 0.25) is 0 Å². The van der Waals surface area contributed by atoms with E-state index in [1.54, 1.807) is 0 Å². The number of nitriles is 1. The molecule has 1 saturated carbocycles. The molecule has 1 fully saturated rings. The first kappa shape index (κ1) is 6.61. The van der Waals surface area contributed by atoms with Crippen molar-refractivity contribution in [3.8, 4) is 6.07 Å². The van der Waals surface area contributed by atoms with E-state index >= 15 is 0 Å². The van der Waals surface area contributed by atoms with Crippen molar-refractivity contribution < 1.29 is 0 Å². The van der Waals surface area contributed by atoms with Crippen molar-refractivity contribution in [3.05, 3.63) is 0 Å². The maximum absolute atomic E-state index is 8.43. The summed E-state index contributed by atoms with van der Waals surface area (Å²) in [6, 6.07) is 2.30. The van der Waals surface area contributed by atoms with Crippen LogP contribution >= 0.6 is 0 Å². The lowest BCUT2D eigenvalue weighted by Gasteiger charge is -1.90. The Kier molecular flexibility index (Phi) is 2.10. The lowest BCUT2D eigenvalue weighted by Crippen LogP contribution is -1.78. The normalized spacial score (nSPS) is 31.6. The van der Waals surface area contributed by atoms with E-state index < -0.39 is 0 Å². The predicted octanol–water partition coefficient (Wildman–Crippen LogP) is 2.34. The molecule has 0 unspecified atom stereocenters. The van der Waals surface area contributed by atoms with E-state index in [-0.39, 0.29) is 0 Å². The van der Waals surface area contributed by atoms with Gasteiger partial charge in [-0.1, -0.05) is 19.8 Å². The molecule has 0 aliphatic heterocycles. The molecule has 0 aromatic heterocycles. The largest absolute Gasteiger partial charge is 0.198 e. The van der Waals surface area contributed by atoms with Crippen molar-refractivity contribution in [2.24, 2.45) is 11.8 Å². The summed E-state index contributed by atoms with van der Waals surface area (Å²) < 4.78 is 0. The molecule has 0 radical (unpaired) electrons. The zero-order valence-electron chi connectivity index (χ0n) is 5.93. The molecule has 1 aliphatic carbocycles. The first-order chi connectivity index (χ1) is 4.38. The molecule has 0 spiro atoms. The third-order valence-corrected chi connectivity index (χ3v) is 2.02. The van der Waals surface area contributed by atoms with Gasteiger partial charge in [-0.25, -0.2) is 0 Å². The fourth-order valence-corrected chi connectivity index (χ4v) is 1.19. The van der Waals surface area contributed by atoms with E-state index in [0.717, 1.165) is 5.92 Å². The molecular weight excluding hydrogens is 110 g/mol. The molecule has 1 heteroatoms. The van der Waals surface area contributed by atoms with Gasteiger partial charge in [-0.2, -0.15) is 5.26 Å². The minimum absolute atomic E-state index is 0.427. The summed E-state index contributed by atoms with van der Waals surface area (Å²) in [5.41, 5.74) is 0. The first-order valence-corrected chi connectivity index (χ1v) is 3.78. The monoisotopic (exact) mass is 123 g/mol. The molecule has 0 amide bonds.